The van der Waals surface area contributed by atoms with Gasteiger partial charge in [0, 0.05) is 11.0 Å². The largest absolute Gasteiger partial charge is 0.336 e. The highest BCUT2D eigenvalue weighted by atomic mass is 32.2. The molecule has 0 fully saturated rings. The average molecular weight is 273 g/mol. The molecule has 0 aliphatic carbocycles. The number of amides is 1. The number of terminal acetylenes is 1. The average Bonchev–Trinajstić information content (AvgIpc) is 2.46. The third kappa shape index (κ3) is 4.84. The van der Waals surface area contributed by atoms with Crippen LogP contribution in [0.3, 0.4) is 0 Å². The van der Waals surface area contributed by atoms with Crippen molar-refractivity contribution < 1.29 is 4.79 Å². The first-order valence-electron chi connectivity index (χ1n) is 6.34. The van der Waals surface area contributed by atoms with Crippen molar-refractivity contribution >= 4 is 17.7 Å². The second-order valence-electron chi connectivity index (χ2n) is 4.16. The summed E-state index contributed by atoms with van der Waals surface area (Å²) < 4.78 is 0. The summed E-state index contributed by atoms with van der Waals surface area (Å²) in [4.78, 5) is 12.9. The number of carbonyl (C=O) groups is 1. The van der Waals surface area contributed by atoms with Crippen molar-refractivity contribution in [3.8, 4) is 12.3 Å². The molecule has 1 amide bonds. The molecule has 0 spiro atoms. The van der Waals surface area contributed by atoms with Gasteiger partial charge in [-0.15, -0.1) is 6.42 Å². The standard InChI is InChI=1S/C16H19NOS/c1-4-16(5-2,6-3)17-15(18)12-13-19-14-10-8-7-9-11-14/h1,7-13H,5-6H2,2-3H3,(H,17,18). The van der Waals surface area contributed by atoms with Gasteiger partial charge in [0.15, 0.2) is 0 Å². The van der Waals surface area contributed by atoms with Gasteiger partial charge < -0.3 is 5.32 Å². The highest BCUT2D eigenvalue weighted by Gasteiger charge is 2.23. The lowest BCUT2D eigenvalue weighted by atomic mass is 9.94. The zero-order chi connectivity index (χ0) is 14.1. The zero-order valence-corrected chi connectivity index (χ0v) is 12.2. The van der Waals surface area contributed by atoms with Crippen molar-refractivity contribution in [1.82, 2.24) is 5.32 Å². The van der Waals surface area contributed by atoms with E-state index in [9.17, 15) is 4.79 Å². The number of hydrogen-bond donors (Lipinski definition) is 1. The summed E-state index contributed by atoms with van der Waals surface area (Å²) in [6, 6.07) is 9.89. The topological polar surface area (TPSA) is 29.1 Å². The lowest BCUT2D eigenvalue weighted by Crippen LogP contribution is -2.45. The van der Waals surface area contributed by atoms with Crippen LogP contribution in [-0.2, 0) is 4.79 Å². The predicted molar refractivity (Wildman–Crippen MR) is 81.7 cm³/mol. The summed E-state index contributed by atoms with van der Waals surface area (Å²) in [6.07, 6.45) is 8.48. The molecule has 1 rings (SSSR count). The smallest absolute Gasteiger partial charge is 0.245 e. The van der Waals surface area contributed by atoms with E-state index in [1.54, 1.807) is 5.41 Å². The number of nitrogens with one attached hydrogen (secondary N) is 1. The molecule has 0 aliphatic rings. The number of benzene rings is 1. The zero-order valence-electron chi connectivity index (χ0n) is 11.3. The lowest BCUT2D eigenvalue weighted by molar-refractivity contribution is -0.117. The van der Waals surface area contributed by atoms with E-state index in [0.717, 1.165) is 17.7 Å². The second-order valence-corrected chi connectivity index (χ2v) is 5.14. The van der Waals surface area contributed by atoms with Gasteiger partial charge in [-0.05, 0) is 30.4 Å². The van der Waals surface area contributed by atoms with E-state index in [1.165, 1.54) is 17.8 Å². The SMILES string of the molecule is C#CC(CC)(CC)NC(=O)C=CSc1ccccc1. The molecule has 3 heteroatoms. The molecule has 0 unspecified atom stereocenters. The molecule has 100 valence electrons. The van der Waals surface area contributed by atoms with Crippen LogP contribution in [0.1, 0.15) is 26.7 Å². The molecule has 0 heterocycles. The van der Waals surface area contributed by atoms with Gasteiger partial charge in [-0.3, -0.25) is 4.79 Å². The predicted octanol–water partition coefficient (Wildman–Crippen LogP) is 3.60. The molecular formula is C16H19NOS. The van der Waals surface area contributed by atoms with Crippen LogP contribution in [0.15, 0.2) is 46.7 Å². The van der Waals surface area contributed by atoms with E-state index < -0.39 is 5.54 Å². The Labute approximate surface area is 119 Å². The molecule has 0 atom stereocenters. The van der Waals surface area contributed by atoms with Gasteiger partial charge in [0.25, 0.3) is 0 Å². The summed E-state index contributed by atoms with van der Waals surface area (Å²) in [7, 11) is 0. The maximum absolute atomic E-state index is 11.8. The summed E-state index contributed by atoms with van der Waals surface area (Å²) in [5, 5.41) is 4.67. The van der Waals surface area contributed by atoms with Crippen molar-refractivity contribution in [2.45, 2.75) is 37.1 Å². The lowest BCUT2D eigenvalue weighted by Gasteiger charge is -2.26. The van der Waals surface area contributed by atoms with E-state index in [2.05, 4.69) is 11.2 Å². The Hall–Kier alpha value is -1.66. The van der Waals surface area contributed by atoms with Crippen LogP contribution in [-0.4, -0.2) is 11.4 Å². The Morgan fingerprint density at radius 3 is 2.53 bits per heavy atom. The van der Waals surface area contributed by atoms with E-state index in [4.69, 9.17) is 6.42 Å². The number of hydrogen-bond acceptors (Lipinski definition) is 2. The number of rotatable bonds is 6. The molecule has 2 nitrogen and oxygen atoms in total. The molecule has 0 bridgehead atoms. The third-order valence-electron chi connectivity index (χ3n) is 3.01. The number of thioether (sulfide) groups is 1. The van der Waals surface area contributed by atoms with Gasteiger partial charge in [-0.2, -0.15) is 0 Å². The van der Waals surface area contributed by atoms with Gasteiger partial charge in [-0.25, -0.2) is 0 Å². The van der Waals surface area contributed by atoms with Gasteiger partial charge in [0.2, 0.25) is 5.91 Å². The summed E-state index contributed by atoms with van der Waals surface area (Å²) >= 11 is 1.50. The quantitative estimate of drug-likeness (QED) is 0.487. The summed E-state index contributed by atoms with van der Waals surface area (Å²) in [6.45, 7) is 3.96. The molecule has 0 saturated carbocycles. The molecular weight excluding hydrogens is 254 g/mol. The van der Waals surface area contributed by atoms with Crippen LogP contribution in [0.4, 0.5) is 0 Å². The molecule has 1 N–H and O–H groups in total. The van der Waals surface area contributed by atoms with Crippen LogP contribution < -0.4 is 5.32 Å². The van der Waals surface area contributed by atoms with Crippen LogP contribution in [0.2, 0.25) is 0 Å². The Balaban J connectivity index is 2.54. The first-order valence-corrected chi connectivity index (χ1v) is 7.22. The van der Waals surface area contributed by atoms with Crippen LogP contribution in [0, 0.1) is 12.3 Å². The molecule has 0 aromatic heterocycles. The van der Waals surface area contributed by atoms with Crippen molar-refractivity contribution in [3.63, 3.8) is 0 Å². The second kappa shape index (κ2) is 7.70. The molecule has 19 heavy (non-hydrogen) atoms. The van der Waals surface area contributed by atoms with Crippen LogP contribution in [0.25, 0.3) is 0 Å². The van der Waals surface area contributed by atoms with Crippen molar-refractivity contribution in [2.24, 2.45) is 0 Å². The number of carbonyl (C=O) groups excluding carboxylic acids is 1. The van der Waals surface area contributed by atoms with E-state index >= 15 is 0 Å². The fourth-order valence-electron chi connectivity index (χ4n) is 1.62. The molecule has 0 saturated heterocycles. The van der Waals surface area contributed by atoms with E-state index in [0.29, 0.717) is 0 Å². The van der Waals surface area contributed by atoms with Crippen LogP contribution >= 0.6 is 11.8 Å². The molecule has 1 aromatic carbocycles. The van der Waals surface area contributed by atoms with Crippen molar-refractivity contribution in [3.05, 3.63) is 41.8 Å². The fourth-order valence-corrected chi connectivity index (χ4v) is 2.28. The van der Waals surface area contributed by atoms with Crippen LogP contribution in [0.5, 0.6) is 0 Å². The van der Waals surface area contributed by atoms with E-state index in [-0.39, 0.29) is 5.91 Å². The Kier molecular flexibility index (Phi) is 6.24. The summed E-state index contributed by atoms with van der Waals surface area (Å²) in [5.41, 5.74) is -0.529. The molecule has 0 radical (unpaired) electrons. The minimum Gasteiger partial charge on any atom is -0.336 e. The highest BCUT2D eigenvalue weighted by molar-refractivity contribution is 8.02. The fraction of sp³-hybridized carbons (Fsp3) is 0.312. The highest BCUT2D eigenvalue weighted by Crippen LogP contribution is 2.18. The van der Waals surface area contributed by atoms with Crippen molar-refractivity contribution in [1.29, 1.82) is 0 Å². The Morgan fingerprint density at radius 2 is 2.00 bits per heavy atom. The first-order chi connectivity index (χ1) is 9.15. The van der Waals surface area contributed by atoms with E-state index in [1.807, 2.05) is 44.2 Å². The first kappa shape index (κ1) is 15.4. The Morgan fingerprint density at radius 1 is 1.37 bits per heavy atom. The third-order valence-corrected chi connectivity index (χ3v) is 3.83. The maximum Gasteiger partial charge on any atom is 0.245 e. The van der Waals surface area contributed by atoms with Gasteiger partial charge in [0.1, 0.15) is 5.54 Å². The molecule has 1 aromatic rings. The minimum absolute atomic E-state index is 0.148. The normalized spacial score (nSPS) is 11.2. The monoisotopic (exact) mass is 273 g/mol. The minimum atomic E-state index is -0.529. The maximum atomic E-state index is 11.8. The van der Waals surface area contributed by atoms with Gasteiger partial charge in [-0.1, -0.05) is 49.7 Å². The Bertz CT molecular complexity index is 469. The van der Waals surface area contributed by atoms with Crippen molar-refractivity contribution in [2.75, 3.05) is 0 Å². The summed E-state index contributed by atoms with van der Waals surface area (Å²) in [5.74, 6) is 2.53. The van der Waals surface area contributed by atoms with Gasteiger partial charge >= 0.3 is 0 Å². The van der Waals surface area contributed by atoms with Gasteiger partial charge in [0.05, 0.1) is 0 Å². The molecule has 0 aliphatic heterocycles.